The third-order valence-corrected chi connectivity index (χ3v) is 6.04. The summed E-state index contributed by atoms with van der Waals surface area (Å²) in [6, 6.07) is 11.3. The molecule has 0 radical (unpaired) electrons. The Kier molecular flexibility index (Phi) is 6.79. The van der Waals surface area contributed by atoms with Gasteiger partial charge in [-0.2, -0.15) is 0 Å². The molecule has 0 spiro atoms. The second kappa shape index (κ2) is 9.89. The molecule has 2 fully saturated rings. The van der Waals surface area contributed by atoms with E-state index in [0.717, 1.165) is 29.7 Å². The minimum atomic E-state index is -0.292. The molecule has 3 heterocycles. The van der Waals surface area contributed by atoms with Gasteiger partial charge >= 0.3 is 0 Å². The number of hydrazine groups is 1. The number of rotatable bonds is 6. The molecule has 8 heteroatoms. The first-order valence-electron chi connectivity index (χ1n) is 10.7. The molecule has 0 saturated carbocycles. The second-order valence-corrected chi connectivity index (χ2v) is 8.10. The number of aromatic nitrogens is 1. The number of nitrogens with one attached hydrogen (secondary N) is 3. The summed E-state index contributed by atoms with van der Waals surface area (Å²) in [4.78, 5) is 31.6. The predicted molar refractivity (Wildman–Crippen MR) is 116 cm³/mol. The van der Waals surface area contributed by atoms with E-state index in [-0.39, 0.29) is 29.8 Å². The van der Waals surface area contributed by atoms with Crippen molar-refractivity contribution in [1.82, 2.24) is 26.1 Å². The molecule has 3 unspecified atom stereocenters. The smallest absolute Gasteiger partial charge is 0.241 e. The number of carbonyl (C=O) groups excluding carboxylic acids is 2. The van der Waals surface area contributed by atoms with Crippen LogP contribution in [-0.4, -0.2) is 47.9 Å². The largest absolute Gasteiger partial charge is 0.497 e. The molecule has 2 aliphatic heterocycles. The maximum atomic E-state index is 13.1. The highest BCUT2D eigenvalue weighted by molar-refractivity contribution is 5.84. The van der Waals surface area contributed by atoms with Crippen LogP contribution < -0.4 is 20.9 Å². The molecule has 2 amide bonds. The Morgan fingerprint density at radius 1 is 1.16 bits per heavy atom. The van der Waals surface area contributed by atoms with Crippen molar-refractivity contribution < 1.29 is 14.3 Å². The van der Waals surface area contributed by atoms with E-state index in [1.165, 1.54) is 0 Å². The molecule has 8 nitrogen and oxygen atoms in total. The third kappa shape index (κ3) is 5.21. The zero-order chi connectivity index (χ0) is 21.6. The predicted octanol–water partition coefficient (Wildman–Crippen LogP) is 1.55. The van der Waals surface area contributed by atoms with E-state index in [2.05, 4.69) is 21.2 Å². The van der Waals surface area contributed by atoms with Gasteiger partial charge in [-0.1, -0.05) is 12.1 Å². The number of methoxy groups -OCH3 is 1. The fourth-order valence-electron chi connectivity index (χ4n) is 4.22. The van der Waals surface area contributed by atoms with E-state index in [0.29, 0.717) is 26.1 Å². The molecule has 0 bridgehead atoms. The van der Waals surface area contributed by atoms with Gasteiger partial charge in [-0.05, 0) is 54.7 Å². The first-order chi connectivity index (χ1) is 15.1. The van der Waals surface area contributed by atoms with Crippen LogP contribution in [0, 0.1) is 5.92 Å². The molecule has 0 aliphatic carbocycles. The van der Waals surface area contributed by atoms with Gasteiger partial charge in [0.05, 0.1) is 13.0 Å². The highest BCUT2D eigenvalue weighted by Crippen LogP contribution is 2.24. The van der Waals surface area contributed by atoms with E-state index in [1.807, 2.05) is 41.3 Å². The van der Waals surface area contributed by atoms with E-state index in [9.17, 15) is 9.59 Å². The van der Waals surface area contributed by atoms with Gasteiger partial charge in [-0.25, -0.2) is 10.9 Å². The molecule has 164 valence electrons. The van der Waals surface area contributed by atoms with Gasteiger partial charge in [-0.15, -0.1) is 0 Å². The number of amides is 2. The lowest BCUT2D eigenvalue weighted by Crippen LogP contribution is -2.51. The maximum Gasteiger partial charge on any atom is 0.241 e. The van der Waals surface area contributed by atoms with Gasteiger partial charge in [0.1, 0.15) is 11.8 Å². The molecule has 1 aromatic heterocycles. The molecule has 4 rings (SSSR count). The standard InChI is InChI=1S/C23H29N5O3/c1-31-19-6-4-16(5-7-19)14-25-22(29)18-3-2-12-28(15-18)23(30)21-13-20(26-27-21)17-8-10-24-11-9-17/h4-11,18,20-21,26-27H,2-3,12-15H2,1H3,(H,25,29). The van der Waals surface area contributed by atoms with Crippen molar-refractivity contribution in [3.8, 4) is 5.75 Å². The van der Waals surface area contributed by atoms with E-state index < -0.39 is 0 Å². The summed E-state index contributed by atoms with van der Waals surface area (Å²) in [5.74, 6) is 0.663. The van der Waals surface area contributed by atoms with Crippen LogP contribution in [0.15, 0.2) is 48.8 Å². The number of ether oxygens (including phenoxy) is 1. The summed E-state index contributed by atoms with van der Waals surface area (Å²) in [6.45, 7) is 1.62. The van der Waals surface area contributed by atoms with Gasteiger partial charge in [0.25, 0.3) is 0 Å². The van der Waals surface area contributed by atoms with Crippen LogP contribution in [0.3, 0.4) is 0 Å². The first kappa shape index (κ1) is 21.3. The zero-order valence-electron chi connectivity index (χ0n) is 17.7. The Morgan fingerprint density at radius 2 is 1.94 bits per heavy atom. The first-order valence-corrected chi connectivity index (χ1v) is 10.7. The van der Waals surface area contributed by atoms with Crippen molar-refractivity contribution in [3.05, 3.63) is 59.9 Å². The van der Waals surface area contributed by atoms with Gasteiger partial charge in [0, 0.05) is 38.1 Å². The summed E-state index contributed by atoms with van der Waals surface area (Å²) < 4.78 is 5.16. The van der Waals surface area contributed by atoms with Crippen LogP contribution >= 0.6 is 0 Å². The van der Waals surface area contributed by atoms with E-state index in [1.54, 1.807) is 19.5 Å². The molecule has 31 heavy (non-hydrogen) atoms. The van der Waals surface area contributed by atoms with Gasteiger partial charge in [-0.3, -0.25) is 14.6 Å². The molecular formula is C23H29N5O3. The minimum absolute atomic E-state index is 0.000450. The summed E-state index contributed by atoms with van der Waals surface area (Å²) in [5, 5.41) is 3.01. The Morgan fingerprint density at radius 3 is 2.68 bits per heavy atom. The molecular weight excluding hydrogens is 394 g/mol. The summed E-state index contributed by atoms with van der Waals surface area (Å²) >= 11 is 0. The number of hydrogen-bond acceptors (Lipinski definition) is 6. The number of nitrogens with zero attached hydrogens (tertiary/aromatic N) is 2. The SMILES string of the molecule is COc1ccc(CNC(=O)C2CCCN(C(=O)C3CC(c4ccncc4)NN3)C2)cc1. The average Bonchev–Trinajstić information content (AvgIpc) is 3.33. The van der Waals surface area contributed by atoms with Crippen molar-refractivity contribution in [2.45, 2.75) is 37.9 Å². The number of piperidine rings is 1. The van der Waals surface area contributed by atoms with Crippen molar-refractivity contribution in [2.24, 2.45) is 5.92 Å². The van der Waals surface area contributed by atoms with Crippen LogP contribution in [0.2, 0.25) is 0 Å². The zero-order valence-corrected chi connectivity index (χ0v) is 17.7. The van der Waals surface area contributed by atoms with E-state index in [4.69, 9.17) is 4.74 Å². The lowest BCUT2D eigenvalue weighted by molar-refractivity contribution is -0.137. The second-order valence-electron chi connectivity index (χ2n) is 8.10. The topological polar surface area (TPSA) is 95.6 Å². The number of pyridine rings is 1. The van der Waals surface area contributed by atoms with E-state index >= 15 is 0 Å². The molecule has 2 aliphatic rings. The van der Waals surface area contributed by atoms with Crippen LogP contribution in [0.5, 0.6) is 5.75 Å². The molecule has 1 aromatic carbocycles. The molecule has 3 atom stereocenters. The Bertz CT molecular complexity index is 890. The van der Waals surface area contributed by atoms with Crippen LogP contribution in [0.25, 0.3) is 0 Å². The Balaban J connectivity index is 1.28. The number of hydrogen-bond donors (Lipinski definition) is 3. The summed E-state index contributed by atoms with van der Waals surface area (Å²) in [5.41, 5.74) is 8.46. The van der Waals surface area contributed by atoms with Gasteiger partial charge in [0.15, 0.2) is 0 Å². The number of likely N-dealkylation sites (tertiary alicyclic amines) is 1. The quantitative estimate of drug-likeness (QED) is 0.653. The molecule has 3 N–H and O–H groups in total. The fourth-order valence-corrected chi connectivity index (χ4v) is 4.22. The van der Waals surface area contributed by atoms with Crippen LogP contribution in [-0.2, 0) is 16.1 Å². The van der Waals surface area contributed by atoms with Crippen molar-refractivity contribution in [3.63, 3.8) is 0 Å². The van der Waals surface area contributed by atoms with Crippen molar-refractivity contribution in [1.29, 1.82) is 0 Å². The van der Waals surface area contributed by atoms with Gasteiger partial charge in [0.2, 0.25) is 11.8 Å². The summed E-state index contributed by atoms with van der Waals surface area (Å²) in [7, 11) is 1.63. The molecule has 2 saturated heterocycles. The Hall–Kier alpha value is -2.97. The van der Waals surface area contributed by atoms with Crippen molar-refractivity contribution >= 4 is 11.8 Å². The normalized spacial score (nSPS) is 23.4. The van der Waals surface area contributed by atoms with Crippen LogP contribution in [0.1, 0.15) is 36.4 Å². The average molecular weight is 424 g/mol. The van der Waals surface area contributed by atoms with Crippen LogP contribution in [0.4, 0.5) is 0 Å². The number of carbonyl (C=O) groups is 2. The molecule has 2 aromatic rings. The highest BCUT2D eigenvalue weighted by atomic mass is 16.5. The summed E-state index contributed by atoms with van der Waals surface area (Å²) in [6.07, 6.45) is 5.82. The Labute approximate surface area is 182 Å². The minimum Gasteiger partial charge on any atom is -0.497 e. The van der Waals surface area contributed by atoms with Gasteiger partial charge < -0.3 is 15.0 Å². The monoisotopic (exact) mass is 423 g/mol. The third-order valence-electron chi connectivity index (χ3n) is 6.04. The number of benzene rings is 1. The lowest BCUT2D eigenvalue weighted by atomic mass is 9.95. The fraction of sp³-hybridized carbons (Fsp3) is 0.435. The maximum absolute atomic E-state index is 13.1. The van der Waals surface area contributed by atoms with Crippen molar-refractivity contribution in [2.75, 3.05) is 20.2 Å². The highest BCUT2D eigenvalue weighted by Gasteiger charge is 2.36. The lowest BCUT2D eigenvalue weighted by Gasteiger charge is -2.33.